The van der Waals surface area contributed by atoms with Gasteiger partial charge in [0, 0.05) is 12.1 Å². The lowest BCUT2D eigenvalue weighted by molar-refractivity contribution is 0.193. The highest BCUT2D eigenvalue weighted by molar-refractivity contribution is 5.27. The van der Waals surface area contributed by atoms with Crippen molar-refractivity contribution in [2.45, 2.75) is 37.8 Å². The number of benzene rings is 1. The zero-order valence-electron chi connectivity index (χ0n) is 11.5. The van der Waals surface area contributed by atoms with Crippen LogP contribution in [0.2, 0.25) is 0 Å². The average molecular weight is 248 g/mol. The summed E-state index contributed by atoms with van der Waals surface area (Å²) < 4.78 is 5.16. The molecule has 0 saturated heterocycles. The molecule has 100 valence electrons. The second-order valence-corrected chi connectivity index (χ2v) is 5.55. The van der Waals surface area contributed by atoms with Gasteiger partial charge >= 0.3 is 0 Å². The maximum Gasteiger partial charge on any atom is 0.118 e. The van der Waals surface area contributed by atoms with Gasteiger partial charge in [-0.15, -0.1) is 0 Å². The van der Waals surface area contributed by atoms with Crippen LogP contribution in [-0.4, -0.2) is 31.1 Å². The van der Waals surface area contributed by atoms with Crippen molar-refractivity contribution >= 4 is 0 Å². The first-order chi connectivity index (χ1) is 8.61. The molecule has 0 aromatic heterocycles. The van der Waals surface area contributed by atoms with Gasteiger partial charge in [0.1, 0.15) is 5.75 Å². The monoisotopic (exact) mass is 248 g/mol. The maximum atomic E-state index is 6.24. The van der Waals surface area contributed by atoms with Crippen LogP contribution in [0, 0.1) is 0 Å². The van der Waals surface area contributed by atoms with Crippen LogP contribution in [0.4, 0.5) is 0 Å². The minimum absolute atomic E-state index is 0.133. The summed E-state index contributed by atoms with van der Waals surface area (Å²) in [6.45, 7) is 2.04. The molecule has 1 aromatic rings. The fourth-order valence-corrected chi connectivity index (χ4v) is 2.42. The third-order valence-electron chi connectivity index (χ3n) is 3.95. The molecule has 0 unspecified atom stereocenters. The SMILES string of the molecule is COc1ccc(CN(C)CCC2(N)CCC2)cc1. The molecule has 0 bridgehead atoms. The number of nitrogens with zero attached hydrogens (tertiary/aromatic N) is 1. The number of hydrogen-bond donors (Lipinski definition) is 1. The lowest BCUT2D eigenvalue weighted by Gasteiger charge is -2.39. The Bertz CT molecular complexity index is 371. The Kier molecular flexibility index (Phi) is 4.25. The van der Waals surface area contributed by atoms with E-state index in [0.717, 1.165) is 25.3 Å². The molecule has 1 aromatic carbocycles. The Morgan fingerprint density at radius 2 is 1.94 bits per heavy atom. The first-order valence-electron chi connectivity index (χ1n) is 6.72. The minimum atomic E-state index is 0.133. The van der Waals surface area contributed by atoms with Gasteiger partial charge in [-0.05, 0) is 57.0 Å². The summed E-state index contributed by atoms with van der Waals surface area (Å²) in [6, 6.07) is 8.27. The summed E-state index contributed by atoms with van der Waals surface area (Å²) in [4.78, 5) is 2.34. The highest BCUT2D eigenvalue weighted by Crippen LogP contribution is 2.32. The van der Waals surface area contributed by atoms with Gasteiger partial charge in [-0.1, -0.05) is 12.1 Å². The second-order valence-electron chi connectivity index (χ2n) is 5.55. The van der Waals surface area contributed by atoms with Gasteiger partial charge in [-0.25, -0.2) is 0 Å². The maximum absolute atomic E-state index is 6.24. The number of hydrogen-bond acceptors (Lipinski definition) is 3. The summed E-state index contributed by atoms with van der Waals surface area (Å²) >= 11 is 0. The van der Waals surface area contributed by atoms with E-state index in [1.807, 2.05) is 12.1 Å². The van der Waals surface area contributed by atoms with E-state index in [9.17, 15) is 0 Å². The second kappa shape index (κ2) is 5.72. The number of methoxy groups -OCH3 is 1. The lowest BCUT2D eigenvalue weighted by Crippen LogP contribution is -2.48. The summed E-state index contributed by atoms with van der Waals surface area (Å²) in [5, 5.41) is 0. The molecule has 3 heteroatoms. The van der Waals surface area contributed by atoms with Crippen molar-refractivity contribution in [3.63, 3.8) is 0 Å². The Hall–Kier alpha value is -1.06. The Labute approximate surface area is 110 Å². The summed E-state index contributed by atoms with van der Waals surface area (Å²) in [5.41, 5.74) is 7.69. The van der Waals surface area contributed by atoms with E-state index < -0.39 is 0 Å². The normalized spacial score (nSPS) is 17.6. The van der Waals surface area contributed by atoms with Crippen LogP contribution in [0.3, 0.4) is 0 Å². The fourth-order valence-electron chi connectivity index (χ4n) is 2.42. The highest BCUT2D eigenvalue weighted by atomic mass is 16.5. The minimum Gasteiger partial charge on any atom is -0.497 e. The zero-order chi connectivity index (χ0) is 13.0. The van der Waals surface area contributed by atoms with E-state index in [2.05, 4.69) is 24.1 Å². The Balaban J connectivity index is 1.77. The predicted molar refractivity (Wildman–Crippen MR) is 74.7 cm³/mol. The zero-order valence-corrected chi connectivity index (χ0v) is 11.5. The standard InChI is InChI=1S/C15H24N2O/c1-17(11-10-15(16)8-3-9-15)12-13-4-6-14(18-2)7-5-13/h4-7H,3,8-12,16H2,1-2H3. The molecule has 3 nitrogen and oxygen atoms in total. The molecule has 2 rings (SSSR count). The molecular formula is C15H24N2O. The molecule has 0 aliphatic heterocycles. The average Bonchev–Trinajstić information content (AvgIpc) is 2.35. The van der Waals surface area contributed by atoms with Crippen LogP contribution in [0.15, 0.2) is 24.3 Å². The third kappa shape index (κ3) is 3.47. The quantitative estimate of drug-likeness (QED) is 0.840. The van der Waals surface area contributed by atoms with Crippen molar-refractivity contribution in [3.05, 3.63) is 29.8 Å². The smallest absolute Gasteiger partial charge is 0.118 e. The topological polar surface area (TPSA) is 38.5 Å². The van der Waals surface area contributed by atoms with Gasteiger partial charge < -0.3 is 15.4 Å². The molecule has 18 heavy (non-hydrogen) atoms. The third-order valence-corrected chi connectivity index (χ3v) is 3.95. The molecule has 1 saturated carbocycles. The van der Waals surface area contributed by atoms with Gasteiger partial charge in [-0.2, -0.15) is 0 Å². The molecular weight excluding hydrogens is 224 g/mol. The molecule has 1 fully saturated rings. The fraction of sp³-hybridized carbons (Fsp3) is 0.600. The van der Waals surface area contributed by atoms with E-state index in [0.29, 0.717) is 0 Å². The summed E-state index contributed by atoms with van der Waals surface area (Å²) in [5.74, 6) is 0.914. The van der Waals surface area contributed by atoms with Crippen molar-refractivity contribution in [1.82, 2.24) is 4.90 Å². The summed E-state index contributed by atoms with van der Waals surface area (Å²) in [6.07, 6.45) is 4.81. The number of rotatable bonds is 6. The lowest BCUT2D eigenvalue weighted by atomic mass is 9.75. The van der Waals surface area contributed by atoms with Gasteiger partial charge in [0.25, 0.3) is 0 Å². The molecule has 0 amide bonds. The predicted octanol–water partition coefficient (Wildman–Crippen LogP) is 2.40. The van der Waals surface area contributed by atoms with Crippen molar-refractivity contribution < 1.29 is 4.74 Å². The van der Waals surface area contributed by atoms with Crippen LogP contribution in [-0.2, 0) is 6.54 Å². The largest absolute Gasteiger partial charge is 0.497 e. The molecule has 0 radical (unpaired) electrons. The van der Waals surface area contributed by atoms with Crippen molar-refractivity contribution in [2.24, 2.45) is 5.73 Å². The van der Waals surface area contributed by atoms with Gasteiger partial charge in [0.05, 0.1) is 7.11 Å². The van der Waals surface area contributed by atoms with E-state index in [1.165, 1.54) is 24.8 Å². The first kappa shape index (κ1) is 13.4. The number of ether oxygens (including phenoxy) is 1. The van der Waals surface area contributed by atoms with Gasteiger partial charge in [0.2, 0.25) is 0 Å². The van der Waals surface area contributed by atoms with E-state index in [-0.39, 0.29) is 5.54 Å². The molecule has 0 spiro atoms. The highest BCUT2D eigenvalue weighted by Gasteiger charge is 2.31. The molecule has 1 aliphatic rings. The Morgan fingerprint density at radius 1 is 1.28 bits per heavy atom. The van der Waals surface area contributed by atoms with Crippen LogP contribution in [0.25, 0.3) is 0 Å². The van der Waals surface area contributed by atoms with Crippen LogP contribution in [0.1, 0.15) is 31.2 Å². The number of nitrogens with two attached hydrogens (primary N) is 1. The molecule has 0 heterocycles. The molecule has 0 atom stereocenters. The van der Waals surface area contributed by atoms with E-state index >= 15 is 0 Å². The molecule has 2 N–H and O–H groups in total. The van der Waals surface area contributed by atoms with Crippen LogP contribution >= 0.6 is 0 Å². The van der Waals surface area contributed by atoms with E-state index in [1.54, 1.807) is 7.11 Å². The first-order valence-corrected chi connectivity index (χ1v) is 6.72. The van der Waals surface area contributed by atoms with Gasteiger partial charge in [0.15, 0.2) is 0 Å². The van der Waals surface area contributed by atoms with Crippen molar-refractivity contribution in [1.29, 1.82) is 0 Å². The summed E-state index contributed by atoms with van der Waals surface area (Å²) in [7, 11) is 3.85. The van der Waals surface area contributed by atoms with E-state index in [4.69, 9.17) is 10.5 Å². The van der Waals surface area contributed by atoms with Crippen molar-refractivity contribution in [3.8, 4) is 5.75 Å². The van der Waals surface area contributed by atoms with Gasteiger partial charge in [-0.3, -0.25) is 0 Å². The molecule has 1 aliphatic carbocycles. The Morgan fingerprint density at radius 3 is 2.44 bits per heavy atom. The van der Waals surface area contributed by atoms with Crippen molar-refractivity contribution in [2.75, 3.05) is 20.7 Å². The van der Waals surface area contributed by atoms with Crippen LogP contribution < -0.4 is 10.5 Å². The van der Waals surface area contributed by atoms with Crippen LogP contribution in [0.5, 0.6) is 5.75 Å².